The minimum atomic E-state index is -4.03. The first-order valence-corrected chi connectivity index (χ1v) is 8.00. The van der Waals surface area contributed by atoms with E-state index in [2.05, 4.69) is 14.2 Å². The maximum Gasteiger partial charge on any atom is 0.324 e. The summed E-state index contributed by atoms with van der Waals surface area (Å²) >= 11 is 5.78. The van der Waals surface area contributed by atoms with Crippen LogP contribution in [0.5, 0.6) is 0 Å². The Bertz CT molecular complexity index is 673. The highest BCUT2D eigenvalue weighted by atomic mass is 35.5. The highest BCUT2D eigenvalue weighted by Gasteiger charge is 2.29. The molecular weight excluding hydrogens is 334 g/mol. The maximum atomic E-state index is 12.4. The summed E-state index contributed by atoms with van der Waals surface area (Å²) in [5, 5.41) is 0.385. The predicted molar refractivity (Wildman–Crippen MR) is 78.9 cm³/mol. The second kappa shape index (κ2) is 7.57. The number of carbonyl (C=O) groups excluding carboxylic acids is 2. The van der Waals surface area contributed by atoms with Crippen LogP contribution in [0.4, 0.5) is 0 Å². The van der Waals surface area contributed by atoms with E-state index in [1.807, 2.05) is 0 Å². The van der Waals surface area contributed by atoms with Crippen molar-refractivity contribution in [3.05, 3.63) is 28.8 Å². The summed E-state index contributed by atoms with van der Waals surface area (Å²) in [6.07, 6.45) is -0.477. The molecule has 1 atom stereocenters. The molecule has 0 amide bonds. The Morgan fingerprint density at radius 2 is 1.91 bits per heavy atom. The Balaban J connectivity index is 3.09. The smallest absolute Gasteiger partial charge is 0.324 e. The van der Waals surface area contributed by atoms with Crippen molar-refractivity contribution in [3.8, 4) is 0 Å². The van der Waals surface area contributed by atoms with Crippen molar-refractivity contribution in [2.45, 2.75) is 24.3 Å². The zero-order chi connectivity index (χ0) is 16.9. The molecule has 0 bridgehead atoms. The molecule has 7 nitrogen and oxygen atoms in total. The van der Waals surface area contributed by atoms with Crippen LogP contribution in [0.15, 0.2) is 23.1 Å². The first-order chi connectivity index (χ1) is 10.2. The Morgan fingerprint density at radius 1 is 1.27 bits per heavy atom. The minimum Gasteiger partial charge on any atom is -0.469 e. The molecule has 122 valence electrons. The third kappa shape index (κ3) is 4.69. The fourth-order valence-electron chi connectivity index (χ4n) is 1.73. The Hall–Kier alpha value is -1.64. The summed E-state index contributed by atoms with van der Waals surface area (Å²) in [6.45, 7) is 1.56. The maximum absolute atomic E-state index is 12.4. The number of esters is 2. The number of hydrogen-bond acceptors (Lipinski definition) is 6. The molecule has 1 rings (SSSR count). The molecule has 0 saturated carbocycles. The van der Waals surface area contributed by atoms with Gasteiger partial charge >= 0.3 is 11.9 Å². The third-order valence-electron chi connectivity index (χ3n) is 2.81. The Morgan fingerprint density at radius 3 is 2.41 bits per heavy atom. The van der Waals surface area contributed by atoms with Crippen LogP contribution in [0, 0.1) is 6.92 Å². The summed E-state index contributed by atoms with van der Waals surface area (Å²) in [5.74, 6) is -1.63. The summed E-state index contributed by atoms with van der Waals surface area (Å²) in [4.78, 5) is 22.9. The van der Waals surface area contributed by atoms with Gasteiger partial charge in [-0.2, -0.15) is 4.72 Å². The highest BCUT2D eigenvalue weighted by molar-refractivity contribution is 7.89. The average Bonchev–Trinajstić information content (AvgIpc) is 2.44. The number of nitrogens with one attached hydrogen (secondary N) is 1. The number of hydrogen-bond donors (Lipinski definition) is 1. The standard InChI is InChI=1S/C13H16ClNO6S/c1-8-6-9(14)4-5-11(8)22(18,19)15-10(13(17)21-3)7-12(16)20-2/h4-6,10,15H,7H2,1-3H3/t10-/m0/s1. The molecule has 0 aliphatic carbocycles. The molecule has 0 spiro atoms. The molecule has 0 saturated heterocycles. The molecule has 0 radical (unpaired) electrons. The van der Waals surface area contributed by atoms with Crippen molar-refractivity contribution < 1.29 is 27.5 Å². The van der Waals surface area contributed by atoms with Gasteiger partial charge in [0.15, 0.2) is 0 Å². The molecule has 0 unspecified atom stereocenters. The Labute approximate surface area is 133 Å². The van der Waals surface area contributed by atoms with Gasteiger partial charge in [0, 0.05) is 5.02 Å². The number of aryl methyl sites for hydroxylation is 1. The van der Waals surface area contributed by atoms with Gasteiger partial charge in [0.05, 0.1) is 25.5 Å². The fraction of sp³-hybridized carbons (Fsp3) is 0.385. The van der Waals surface area contributed by atoms with E-state index in [1.54, 1.807) is 6.92 Å². The molecule has 0 aliphatic heterocycles. The van der Waals surface area contributed by atoms with Crippen LogP contribution in [-0.4, -0.2) is 40.6 Å². The Kier molecular flexibility index (Phi) is 6.34. The lowest BCUT2D eigenvalue weighted by molar-refractivity contribution is -0.149. The van der Waals surface area contributed by atoms with Crippen LogP contribution in [0.3, 0.4) is 0 Å². The molecule has 0 heterocycles. The number of methoxy groups -OCH3 is 2. The summed E-state index contributed by atoms with van der Waals surface area (Å²) in [7, 11) is -1.81. The van der Waals surface area contributed by atoms with Crippen LogP contribution in [0.2, 0.25) is 5.02 Å². The van der Waals surface area contributed by atoms with E-state index in [4.69, 9.17) is 11.6 Å². The number of carbonyl (C=O) groups is 2. The van der Waals surface area contributed by atoms with Gasteiger partial charge in [-0.05, 0) is 30.7 Å². The minimum absolute atomic E-state index is 0.0457. The van der Waals surface area contributed by atoms with E-state index in [0.717, 1.165) is 14.2 Å². The van der Waals surface area contributed by atoms with Gasteiger partial charge in [-0.15, -0.1) is 0 Å². The monoisotopic (exact) mass is 349 g/mol. The lowest BCUT2D eigenvalue weighted by Gasteiger charge is -2.16. The average molecular weight is 350 g/mol. The van der Waals surface area contributed by atoms with Crippen molar-refractivity contribution in [2.75, 3.05) is 14.2 Å². The summed E-state index contributed by atoms with van der Waals surface area (Å²) in [5.41, 5.74) is 0.404. The number of rotatable bonds is 6. The SMILES string of the molecule is COC(=O)C[C@H](NS(=O)(=O)c1ccc(Cl)cc1C)C(=O)OC. The van der Waals surface area contributed by atoms with E-state index in [9.17, 15) is 18.0 Å². The zero-order valence-corrected chi connectivity index (χ0v) is 13.8. The van der Waals surface area contributed by atoms with E-state index >= 15 is 0 Å². The third-order valence-corrected chi connectivity index (χ3v) is 4.68. The quantitative estimate of drug-likeness (QED) is 0.770. The molecule has 1 aromatic carbocycles. The van der Waals surface area contributed by atoms with Crippen molar-refractivity contribution in [1.82, 2.24) is 4.72 Å². The summed E-state index contributed by atoms with van der Waals surface area (Å²) in [6, 6.07) is 2.82. The normalized spacial score (nSPS) is 12.5. The van der Waals surface area contributed by atoms with E-state index in [1.165, 1.54) is 18.2 Å². The lowest BCUT2D eigenvalue weighted by Crippen LogP contribution is -2.43. The number of sulfonamides is 1. The van der Waals surface area contributed by atoms with Gasteiger partial charge in [0.2, 0.25) is 10.0 Å². The van der Waals surface area contributed by atoms with Gasteiger partial charge in [-0.25, -0.2) is 8.42 Å². The van der Waals surface area contributed by atoms with Crippen LogP contribution in [-0.2, 0) is 29.1 Å². The molecule has 9 heteroatoms. The van der Waals surface area contributed by atoms with Gasteiger partial charge in [-0.3, -0.25) is 9.59 Å². The van der Waals surface area contributed by atoms with Crippen molar-refractivity contribution in [1.29, 1.82) is 0 Å². The topological polar surface area (TPSA) is 98.8 Å². The van der Waals surface area contributed by atoms with Crippen molar-refractivity contribution in [2.24, 2.45) is 0 Å². The number of ether oxygens (including phenoxy) is 2. The van der Waals surface area contributed by atoms with E-state index < -0.39 is 34.4 Å². The fourth-order valence-corrected chi connectivity index (χ4v) is 3.37. The number of halogens is 1. The predicted octanol–water partition coefficient (Wildman–Crippen LogP) is 1.03. The lowest BCUT2D eigenvalue weighted by atomic mass is 10.2. The highest BCUT2D eigenvalue weighted by Crippen LogP contribution is 2.20. The summed E-state index contributed by atoms with van der Waals surface area (Å²) < 4.78 is 35.8. The molecule has 0 aliphatic rings. The van der Waals surface area contributed by atoms with Gasteiger partial charge in [0.25, 0.3) is 0 Å². The van der Waals surface area contributed by atoms with Crippen molar-refractivity contribution in [3.63, 3.8) is 0 Å². The van der Waals surface area contributed by atoms with Crippen LogP contribution in [0.1, 0.15) is 12.0 Å². The molecular formula is C13H16ClNO6S. The second-order valence-electron chi connectivity index (χ2n) is 4.39. The molecule has 0 aromatic heterocycles. The molecule has 1 N–H and O–H groups in total. The zero-order valence-electron chi connectivity index (χ0n) is 12.3. The molecule has 0 fully saturated rings. The van der Waals surface area contributed by atoms with Crippen LogP contribution in [0.25, 0.3) is 0 Å². The van der Waals surface area contributed by atoms with Gasteiger partial charge in [0.1, 0.15) is 6.04 Å². The first-order valence-electron chi connectivity index (χ1n) is 6.14. The number of benzene rings is 1. The van der Waals surface area contributed by atoms with Crippen molar-refractivity contribution >= 4 is 33.6 Å². The second-order valence-corrected chi connectivity index (χ2v) is 6.51. The van der Waals surface area contributed by atoms with E-state index in [-0.39, 0.29) is 4.90 Å². The van der Waals surface area contributed by atoms with Gasteiger partial charge in [-0.1, -0.05) is 11.6 Å². The van der Waals surface area contributed by atoms with Crippen LogP contribution < -0.4 is 4.72 Å². The largest absolute Gasteiger partial charge is 0.469 e. The first kappa shape index (κ1) is 18.4. The molecule has 22 heavy (non-hydrogen) atoms. The van der Waals surface area contributed by atoms with Gasteiger partial charge < -0.3 is 9.47 Å². The van der Waals surface area contributed by atoms with E-state index in [0.29, 0.717) is 10.6 Å². The molecule has 1 aromatic rings. The van der Waals surface area contributed by atoms with Crippen LogP contribution >= 0.6 is 11.6 Å².